The van der Waals surface area contributed by atoms with E-state index in [-0.39, 0.29) is 54.9 Å². The molecule has 2 aliphatic rings. The summed E-state index contributed by atoms with van der Waals surface area (Å²) < 4.78 is 25.8. The minimum absolute atomic E-state index is 0. The Hall–Kier alpha value is -2.95. The van der Waals surface area contributed by atoms with Crippen molar-refractivity contribution in [2.75, 3.05) is 43.0 Å². The lowest BCUT2D eigenvalue weighted by atomic mass is 10.1. The van der Waals surface area contributed by atoms with Crippen molar-refractivity contribution >= 4 is 51.0 Å². The highest BCUT2D eigenvalue weighted by Crippen LogP contribution is 2.31. The lowest BCUT2D eigenvalue weighted by Crippen LogP contribution is -2.43. The summed E-state index contributed by atoms with van der Waals surface area (Å²) in [6.07, 6.45) is 2.96. The fraction of sp³-hybridized carbons (Fsp3) is 0.400. The van der Waals surface area contributed by atoms with Crippen LogP contribution in [0.5, 0.6) is 0 Å². The molecule has 2 aromatic carbocycles. The van der Waals surface area contributed by atoms with Crippen molar-refractivity contribution in [3.05, 3.63) is 59.7 Å². The van der Waals surface area contributed by atoms with Gasteiger partial charge in [-0.15, -0.1) is 12.4 Å². The second-order valence-corrected chi connectivity index (χ2v) is 11.4. The van der Waals surface area contributed by atoms with Crippen molar-refractivity contribution in [3.63, 3.8) is 0 Å². The average molecular weight is 532 g/mol. The third-order valence-corrected chi connectivity index (χ3v) is 8.33. The van der Waals surface area contributed by atoms with E-state index in [0.717, 1.165) is 25.8 Å². The maximum absolute atomic E-state index is 13.6. The molecule has 2 aliphatic heterocycles. The van der Waals surface area contributed by atoms with Gasteiger partial charge in [-0.25, -0.2) is 13.4 Å². The van der Waals surface area contributed by atoms with Crippen LogP contribution in [0.15, 0.2) is 48.5 Å². The Morgan fingerprint density at radius 2 is 1.75 bits per heavy atom. The molecular weight excluding hydrogens is 502 g/mol. The van der Waals surface area contributed by atoms with Crippen LogP contribution in [0.4, 0.5) is 5.95 Å². The zero-order valence-corrected chi connectivity index (χ0v) is 21.5. The summed E-state index contributed by atoms with van der Waals surface area (Å²) in [7, 11) is -3.11. The number of rotatable bonds is 4. The molecule has 1 aromatic heterocycles. The molecule has 2 saturated heterocycles. The molecule has 0 bridgehead atoms. The minimum Gasteiger partial charge on any atom is -0.337 e. The summed E-state index contributed by atoms with van der Waals surface area (Å²) in [4.78, 5) is 32.9. The molecule has 11 heteroatoms. The molecule has 2 amide bonds. The highest BCUT2D eigenvalue weighted by atomic mass is 35.5. The molecule has 1 unspecified atom stereocenters. The van der Waals surface area contributed by atoms with Crippen LogP contribution in [0.1, 0.15) is 46.0 Å². The number of hydrogen-bond acceptors (Lipinski definition) is 6. The van der Waals surface area contributed by atoms with Gasteiger partial charge in [0.05, 0.1) is 28.1 Å². The number of halogens is 1. The first-order valence-electron chi connectivity index (χ1n) is 12.0. The molecule has 1 atom stereocenters. The number of hydrogen-bond donors (Lipinski definition) is 2. The van der Waals surface area contributed by atoms with Gasteiger partial charge in [0, 0.05) is 31.2 Å². The van der Waals surface area contributed by atoms with E-state index in [1.807, 2.05) is 28.8 Å². The molecule has 0 aliphatic carbocycles. The molecule has 36 heavy (non-hydrogen) atoms. The summed E-state index contributed by atoms with van der Waals surface area (Å²) in [6.45, 7) is 1.97. The van der Waals surface area contributed by atoms with E-state index < -0.39 is 9.84 Å². The zero-order valence-electron chi connectivity index (χ0n) is 19.9. The van der Waals surface area contributed by atoms with E-state index in [1.165, 1.54) is 0 Å². The number of imidazole rings is 1. The van der Waals surface area contributed by atoms with Gasteiger partial charge >= 0.3 is 0 Å². The molecule has 3 aromatic rings. The molecular formula is C25H30ClN5O4S. The number of fused-ring (bicyclic) bond motifs is 1. The van der Waals surface area contributed by atoms with Crippen LogP contribution in [0.3, 0.4) is 0 Å². The number of amides is 2. The van der Waals surface area contributed by atoms with Gasteiger partial charge < -0.3 is 14.8 Å². The van der Waals surface area contributed by atoms with E-state index in [1.54, 1.807) is 29.2 Å². The van der Waals surface area contributed by atoms with Gasteiger partial charge in [0.2, 0.25) is 5.95 Å². The van der Waals surface area contributed by atoms with E-state index in [9.17, 15) is 18.0 Å². The quantitative estimate of drug-likeness (QED) is 0.535. The Kier molecular flexibility index (Phi) is 7.97. The normalized spacial score (nSPS) is 19.8. The predicted octanol–water partition coefficient (Wildman–Crippen LogP) is 2.90. The monoisotopic (exact) mass is 531 g/mol. The summed E-state index contributed by atoms with van der Waals surface area (Å²) in [6, 6.07) is 14.3. The maximum Gasteiger partial charge on any atom is 0.257 e. The Bertz CT molecular complexity index is 1340. The standard InChI is InChI=1S/C25H29N5O4S.ClH/c31-23(18-7-2-1-3-8-18)28-25-27-21-11-6-10-20(24(32)29-13-15-35(33,34)16-14-29)22(21)30(25)19-9-4-5-12-26-17-19;/h1-3,6-8,10-11,19,26H,4-5,9,12-17H2,(H,27,28,31);1H. The molecule has 2 fully saturated rings. The van der Waals surface area contributed by atoms with Gasteiger partial charge in [-0.2, -0.15) is 0 Å². The van der Waals surface area contributed by atoms with Crippen molar-refractivity contribution < 1.29 is 18.0 Å². The number of carbonyl (C=O) groups is 2. The second kappa shape index (κ2) is 11.0. The predicted molar refractivity (Wildman–Crippen MR) is 142 cm³/mol. The van der Waals surface area contributed by atoms with E-state index in [4.69, 9.17) is 4.98 Å². The Morgan fingerprint density at radius 1 is 1.00 bits per heavy atom. The first-order valence-corrected chi connectivity index (χ1v) is 13.8. The maximum atomic E-state index is 13.6. The highest BCUT2D eigenvalue weighted by molar-refractivity contribution is 7.91. The van der Waals surface area contributed by atoms with Crippen LogP contribution in [0.25, 0.3) is 11.0 Å². The molecule has 0 saturated carbocycles. The van der Waals surface area contributed by atoms with Gasteiger partial charge in [0.25, 0.3) is 11.8 Å². The molecule has 0 spiro atoms. The van der Waals surface area contributed by atoms with Crippen molar-refractivity contribution in [3.8, 4) is 0 Å². The van der Waals surface area contributed by atoms with Crippen LogP contribution in [-0.4, -0.2) is 72.4 Å². The fourth-order valence-corrected chi connectivity index (χ4v) is 6.04. The number of carbonyl (C=O) groups excluding carboxylic acids is 2. The van der Waals surface area contributed by atoms with Crippen LogP contribution in [-0.2, 0) is 9.84 Å². The molecule has 9 nitrogen and oxygen atoms in total. The van der Waals surface area contributed by atoms with Crippen LogP contribution >= 0.6 is 12.4 Å². The summed E-state index contributed by atoms with van der Waals surface area (Å²) in [5, 5.41) is 6.43. The molecule has 192 valence electrons. The third-order valence-electron chi connectivity index (χ3n) is 6.72. The average Bonchev–Trinajstić information content (AvgIpc) is 3.02. The Labute approximate surface area is 216 Å². The van der Waals surface area contributed by atoms with Gasteiger partial charge in [0.1, 0.15) is 0 Å². The van der Waals surface area contributed by atoms with Crippen LogP contribution in [0.2, 0.25) is 0 Å². The Morgan fingerprint density at radius 3 is 2.50 bits per heavy atom. The molecule has 0 radical (unpaired) electrons. The molecule has 2 N–H and O–H groups in total. The first kappa shape index (κ1) is 26.1. The largest absolute Gasteiger partial charge is 0.337 e. The zero-order chi connectivity index (χ0) is 24.4. The SMILES string of the molecule is Cl.O=C(Nc1nc2cccc(C(=O)N3CCS(=O)(=O)CC3)c2n1C1CCCCNC1)c1ccccc1. The third kappa shape index (κ3) is 5.40. The van der Waals surface area contributed by atoms with Gasteiger partial charge in [-0.05, 0) is 43.7 Å². The van der Waals surface area contributed by atoms with E-state index in [0.29, 0.717) is 34.7 Å². The van der Waals surface area contributed by atoms with Crippen molar-refractivity contribution in [1.29, 1.82) is 0 Å². The number of aromatic nitrogens is 2. The minimum atomic E-state index is -3.11. The second-order valence-electron chi connectivity index (χ2n) is 9.10. The topological polar surface area (TPSA) is 113 Å². The lowest BCUT2D eigenvalue weighted by Gasteiger charge is -2.27. The van der Waals surface area contributed by atoms with Gasteiger partial charge in [0.15, 0.2) is 9.84 Å². The van der Waals surface area contributed by atoms with Crippen LogP contribution in [0, 0.1) is 0 Å². The number of sulfone groups is 1. The molecule has 3 heterocycles. The smallest absolute Gasteiger partial charge is 0.257 e. The number of benzene rings is 2. The Balaban J connectivity index is 0.00000304. The number of para-hydroxylation sites is 1. The summed E-state index contributed by atoms with van der Waals surface area (Å²) in [5.41, 5.74) is 2.28. The summed E-state index contributed by atoms with van der Waals surface area (Å²) >= 11 is 0. The molecule has 5 rings (SSSR count). The van der Waals surface area contributed by atoms with Crippen molar-refractivity contribution in [2.45, 2.75) is 25.3 Å². The van der Waals surface area contributed by atoms with Gasteiger partial charge in [-0.1, -0.05) is 30.7 Å². The van der Waals surface area contributed by atoms with E-state index >= 15 is 0 Å². The number of nitrogens with zero attached hydrogens (tertiary/aromatic N) is 3. The van der Waals surface area contributed by atoms with Gasteiger partial charge in [-0.3, -0.25) is 14.9 Å². The fourth-order valence-electron chi connectivity index (χ4n) is 4.84. The lowest BCUT2D eigenvalue weighted by molar-refractivity contribution is 0.0771. The highest BCUT2D eigenvalue weighted by Gasteiger charge is 2.30. The van der Waals surface area contributed by atoms with E-state index in [2.05, 4.69) is 10.6 Å². The van der Waals surface area contributed by atoms with Crippen LogP contribution < -0.4 is 10.6 Å². The number of nitrogens with one attached hydrogen (secondary N) is 2. The summed E-state index contributed by atoms with van der Waals surface area (Å²) in [5.74, 6) is -0.131. The first-order chi connectivity index (χ1) is 16.9. The number of anilines is 1. The van der Waals surface area contributed by atoms with Crippen molar-refractivity contribution in [2.24, 2.45) is 0 Å². The van der Waals surface area contributed by atoms with Crippen molar-refractivity contribution in [1.82, 2.24) is 19.8 Å².